The highest BCUT2D eigenvalue weighted by molar-refractivity contribution is 9.10. The molecular weight excluding hydrogens is 358 g/mol. The van der Waals surface area contributed by atoms with E-state index in [1.165, 1.54) is 6.20 Å². The number of rotatable bonds is 5. The highest BCUT2D eigenvalue weighted by Crippen LogP contribution is 2.20. The summed E-state index contributed by atoms with van der Waals surface area (Å²) in [7, 11) is 1.73. The molecule has 2 heterocycles. The van der Waals surface area contributed by atoms with Crippen LogP contribution in [-0.4, -0.2) is 37.4 Å². The molecule has 0 aliphatic carbocycles. The Morgan fingerprint density at radius 1 is 1.43 bits per heavy atom. The Bertz CT molecular complexity index is 651. The first-order chi connectivity index (χ1) is 9.97. The third kappa shape index (κ3) is 3.29. The monoisotopic (exact) mass is 373 g/mol. The van der Waals surface area contributed by atoms with Crippen molar-refractivity contribution in [3.05, 3.63) is 33.3 Å². The quantitative estimate of drug-likeness (QED) is 0.808. The second-order valence-electron chi connectivity index (χ2n) is 4.60. The van der Waals surface area contributed by atoms with Crippen molar-refractivity contribution in [1.29, 1.82) is 0 Å². The Morgan fingerprint density at radius 2 is 2.14 bits per heavy atom. The van der Waals surface area contributed by atoms with Gasteiger partial charge in [-0.2, -0.15) is 10.2 Å². The number of carbonyl (C=O) groups excluding carboxylic acids is 1. The van der Waals surface area contributed by atoms with Crippen molar-refractivity contribution in [2.45, 2.75) is 33.5 Å². The maximum atomic E-state index is 12.5. The van der Waals surface area contributed by atoms with E-state index >= 15 is 0 Å². The van der Waals surface area contributed by atoms with Crippen molar-refractivity contribution in [2.24, 2.45) is 0 Å². The highest BCUT2D eigenvalue weighted by atomic mass is 79.9. The zero-order valence-corrected chi connectivity index (χ0v) is 14.5. The second kappa shape index (κ2) is 6.62. The molecule has 114 valence electrons. The first-order valence-electron chi connectivity index (χ1n) is 6.66. The Labute approximate surface area is 136 Å². The van der Waals surface area contributed by atoms with Gasteiger partial charge in [0.15, 0.2) is 0 Å². The summed E-state index contributed by atoms with van der Waals surface area (Å²) < 4.78 is 4.31. The molecule has 0 N–H and O–H groups in total. The fraction of sp³-hybridized carbons (Fsp3) is 0.462. The third-order valence-electron chi connectivity index (χ3n) is 3.14. The number of halogens is 2. The van der Waals surface area contributed by atoms with E-state index in [1.807, 2.05) is 24.7 Å². The fourth-order valence-corrected chi connectivity index (χ4v) is 2.66. The Morgan fingerprint density at radius 3 is 2.71 bits per heavy atom. The SMILES string of the molecule is CCn1cc(Br)c(CN(C)C(=O)c2c(Cl)cnn2CC)n1. The lowest BCUT2D eigenvalue weighted by Gasteiger charge is -2.17. The number of amides is 1. The molecule has 0 saturated carbocycles. The van der Waals surface area contributed by atoms with Crippen LogP contribution in [0.1, 0.15) is 30.0 Å². The topological polar surface area (TPSA) is 56.0 Å². The van der Waals surface area contributed by atoms with Gasteiger partial charge in [0.2, 0.25) is 0 Å². The molecular formula is C13H17BrClN5O. The van der Waals surface area contributed by atoms with Gasteiger partial charge in [-0.3, -0.25) is 14.2 Å². The summed E-state index contributed by atoms with van der Waals surface area (Å²) in [6.45, 7) is 5.70. The van der Waals surface area contributed by atoms with E-state index in [9.17, 15) is 4.79 Å². The van der Waals surface area contributed by atoms with Crippen LogP contribution in [0.25, 0.3) is 0 Å². The molecule has 1 amide bonds. The van der Waals surface area contributed by atoms with E-state index in [1.54, 1.807) is 16.6 Å². The maximum Gasteiger partial charge on any atom is 0.273 e. The van der Waals surface area contributed by atoms with Crippen LogP contribution in [0.15, 0.2) is 16.9 Å². The van der Waals surface area contributed by atoms with Crippen molar-refractivity contribution in [2.75, 3.05) is 7.05 Å². The predicted molar refractivity (Wildman–Crippen MR) is 84.3 cm³/mol. The van der Waals surface area contributed by atoms with Gasteiger partial charge in [-0.1, -0.05) is 11.6 Å². The first kappa shape index (κ1) is 16.0. The Kier molecular flexibility index (Phi) is 5.05. The molecule has 0 unspecified atom stereocenters. The summed E-state index contributed by atoms with van der Waals surface area (Å²) in [5.74, 6) is -0.169. The van der Waals surface area contributed by atoms with Gasteiger partial charge in [0.05, 0.1) is 27.9 Å². The lowest BCUT2D eigenvalue weighted by Crippen LogP contribution is -2.29. The molecule has 8 heteroatoms. The highest BCUT2D eigenvalue weighted by Gasteiger charge is 2.22. The zero-order chi connectivity index (χ0) is 15.6. The third-order valence-corrected chi connectivity index (χ3v) is 4.08. The molecule has 0 aliphatic rings. The van der Waals surface area contributed by atoms with Crippen molar-refractivity contribution in [1.82, 2.24) is 24.5 Å². The lowest BCUT2D eigenvalue weighted by molar-refractivity contribution is 0.0770. The van der Waals surface area contributed by atoms with Gasteiger partial charge in [0.25, 0.3) is 5.91 Å². The number of aryl methyl sites for hydroxylation is 2. The summed E-state index contributed by atoms with van der Waals surface area (Å²) in [6.07, 6.45) is 3.39. The van der Waals surface area contributed by atoms with Crippen LogP contribution >= 0.6 is 27.5 Å². The second-order valence-corrected chi connectivity index (χ2v) is 5.86. The van der Waals surface area contributed by atoms with E-state index in [0.29, 0.717) is 23.8 Å². The summed E-state index contributed by atoms with van der Waals surface area (Å²) in [5, 5.41) is 8.87. The van der Waals surface area contributed by atoms with Crippen LogP contribution in [0.4, 0.5) is 0 Å². The molecule has 0 radical (unpaired) electrons. The van der Waals surface area contributed by atoms with Crippen LogP contribution in [0.3, 0.4) is 0 Å². The fourth-order valence-electron chi connectivity index (χ4n) is 2.00. The Hall–Kier alpha value is -1.34. The largest absolute Gasteiger partial charge is 0.334 e. The average molecular weight is 375 g/mol. The Balaban J connectivity index is 2.19. The molecule has 0 fully saturated rings. The zero-order valence-electron chi connectivity index (χ0n) is 12.2. The lowest BCUT2D eigenvalue weighted by atomic mass is 10.3. The summed E-state index contributed by atoms with van der Waals surface area (Å²) in [6, 6.07) is 0. The molecule has 0 aliphatic heterocycles. The number of nitrogens with zero attached hydrogens (tertiary/aromatic N) is 5. The van der Waals surface area contributed by atoms with E-state index in [0.717, 1.165) is 16.7 Å². The van der Waals surface area contributed by atoms with Crippen molar-refractivity contribution < 1.29 is 4.79 Å². The standard InChI is InChI=1S/C13H17BrClN5O/c1-4-19-7-9(14)11(17-19)8-18(3)13(21)12-10(15)6-16-20(12)5-2/h6-7H,4-5,8H2,1-3H3. The van der Waals surface area contributed by atoms with E-state index in [2.05, 4.69) is 26.1 Å². The van der Waals surface area contributed by atoms with Crippen LogP contribution in [-0.2, 0) is 19.6 Å². The van der Waals surface area contributed by atoms with Gasteiger partial charge >= 0.3 is 0 Å². The summed E-state index contributed by atoms with van der Waals surface area (Å²) >= 11 is 9.53. The van der Waals surface area contributed by atoms with Gasteiger partial charge in [-0.15, -0.1) is 0 Å². The number of hydrogen-bond acceptors (Lipinski definition) is 3. The molecule has 0 spiro atoms. The predicted octanol–water partition coefficient (Wildman–Crippen LogP) is 2.81. The molecule has 2 aromatic rings. The van der Waals surface area contributed by atoms with Crippen LogP contribution in [0.2, 0.25) is 5.02 Å². The van der Waals surface area contributed by atoms with Gasteiger partial charge in [-0.05, 0) is 29.8 Å². The summed E-state index contributed by atoms with van der Waals surface area (Å²) in [5.41, 5.74) is 1.22. The molecule has 0 aromatic carbocycles. The summed E-state index contributed by atoms with van der Waals surface area (Å²) in [4.78, 5) is 14.1. The van der Waals surface area contributed by atoms with Gasteiger partial charge in [-0.25, -0.2) is 0 Å². The number of carbonyl (C=O) groups is 1. The minimum Gasteiger partial charge on any atom is -0.334 e. The molecule has 2 rings (SSSR count). The molecule has 0 atom stereocenters. The molecule has 0 saturated heterocycles. The van der Waals surface area contributed by atoms with Crippen LogP contribution in [0.5, 0.6) is 0 Å². The number of hydrogen-bond donors (Lipinski definition) is 0. The normalized spacial score (nSPS) is 10.9. The van der Waals surface area contributed by atoms with Crippen LogP contribution in [0, 0.1) is 0 Å². The van der Waals surface area contributed by atoms with Gasteiger partial charge < -0.3 is 4.90 Å². The van der Waals surface area contributed by atoms with Crippen molar-refractivity contribution in [3.8, 4) is 0 Å². The minimum absolute atomic E-state index is 0.169. The van der Waals surface area contributed by atoms with Crippen molar-refractivity contribution >= 4 is 33.4 Å². The van der Waals surface area contributed by atoms with E-state index in [-0.39, 0.29) is 5.91 Å². The van der Waals surface area contributed by atoms with Gasteiger partial charge in [0, 0.05) is 26.3 Å². The maximum absolute atomic E-state index is 12.5. The smallest absolute Gasteiger partial charge is 0.273 e. The molecule has 21 heavy (non-hydrogen) atoms. The minimum atomic E-state index is -0.169. The van der Waals surface area contributed by atoms with Crippen molar-refractivity contribution in [3.63, 3.8) is 0 Å². The van der Waals surface area contributed by atoms with E-state index in [4.69, 9.17) is 11.6 Å². The molecule has 6 nitrogen and oxygen atoms in total. The molecule has 2 aromatic heterocycles. The number of aromatic nitrogens is 4. The average Bonchev–Trinajstić information content (AvgIpc) is 3.01. The van der Waals surface area contributed by atoms with Gasteiger partial charge in [0.1, 0.15) is 5.69 Å². The van der Waals surface area contributed by atoms with Crippen LogP contribution < -0.4 is 0 Å². The first-order valence-corrected chi connectivity index (χ1v) is 7.83. The van der Waals surface area contributed by atoms with E-state index < -0.39 is 0 Å². The molecule has 0 bridgehead atoms.